The molecule has 2 unspecified atom stereocenters. The fourth-order valence-corrected chi connectivity index (χ4v) is 4.92. The fourth-order valence-electron chi connectivity index (χ4n) is 3.36. The molecule has 1 saturated carbocycles. The first-order valence-corrected chi connectivity index (χ1v) is 9.46. The Morgan fingerprint density at radius 2 is 1.50 bits per heavy atom. The van der Waals surface area contributed by atoms with Crippen molar-refractivity contribution in [2.24, 2.45) is 5.92 Å². The summed E-state index contributed by atoms with van der Waals surface area (Å²) in [5, 5.41) is 9.24. The van der Waals surface area contributed by atoms with Crippen LogP contribution in [0, 0.1) is 17.2 Å². The number of halogens is 7. The molecule has 0 aromatic carbocycles. The second-order valence-corrected chi connectivity index (χ2v) is 8.08. The van der Waals surface area contributed by atoms with E-state index in [1.807, 2.05) is 6.07 Å². The summed E-state index contributed by atoms with van der Waals surface area (Å²) in [5.41, 5.74) is -5.94. The van der Waals surface area contributed by atoms with Crippen molar-refractivity contribution in [3.63, 3.8) is 0 Å². The van der Waals surface area contributed by atoms with E-state index in [4.69, 9.17) is 9.47 Å². The lowest BCUT2D eigenvalue weighted by atomic mass is 9.83. The molecular weight excluding hydrogens is 390 g/mol. The summed E-state index contributed by atoms with van der Waals surface area (Å²) < 4.78 is 100.0. The predicted octanol–water partition coefficient (Wildman–Crippen LogP) is 4.71. The van der Waals surface area contributed by atoms with E-state index in [0.29, 0.717) is 38.9 Å². The molecule has 0 aromatic heterocycles. The van der Waals surface area contributed by atoms with E-state index in [2.05, 4.69) is 0 Å². The van der Waals surface area contributed by atoms with E-state index in [0.717, 1.165) is 0 Å². The van der Waals surface area contributed by atoms with Gasteiger partial charge in [0.1, 0.15) is 0 Å². The van der Waals surface area contributed by atoms with Gasteiger partial charge in [0.25, 0.3) is 5.67 Å². The average molecular weight is 409 g/mol. The van der Waals surface area contributed by atoms with Crippen molar-refractivity contribution in [3.05, 3.63) is 0 Å². The summed E-state index contributed by atoms with van der Waals surface area (Å²) in [6.07, 6.45) is -12.3. The highest BCUT2D eigenvalue weighted by molar-refractivity contribution is 7.39. The fraction of sp³-hybridized carbons (Fsp3) is 0.933. The predicted molar refractivity (Wildman–Crippen MR) is 79.7 cm³/mol. The first kappa shape index (κ1) is 21.6. The Hall–Kier alpha value is -0.650. The van der Waals surface area contributed by atoms with Crippen LogP contribution in [0.15, 0.2) is 0 Å². The molecule has 2 rings (SSSR count). The molecule has 1 saturated heterocycles. The quantitative estimate of drug-likeness (QED) is 0.488. The first-order valence-electron chi connectivity index (χ1n) is 8.17. The van der Waals surface area contributed by atoms with E-state index in [9.17, 15) is 36.0 Å². The lowest BCUT2D eigenvalue weighted by molar-refractivity contribution is -0.341. The van der Waals surface area contributed by atoms with E-state index < -0.39 is 50.6 Å². The van der Waals surface area contributed by atoms with Crippen LogP contribution in [-0.4, -0.2) is 48.8 Å². The van der Waals surface area contributed by atoms with Crippen LogP contribution < -0.4 is 0 Å². The molecule has 2 atom stereocenters. The van der Waals surface area contributed by atoms with E-state index >= 15 is 0 Å². The SMILES string of the molecule is N#CC(PCCC(F)(C(F)(F)F)C(F)(F)F)C1CCC2(CC1)OCCO2. The molecule has 1 spiro atoms. The Morgan fingerprint density at radius 1 is 1.00 bits per heavy atom. The largest absolute Gasteiger partial charge is 0.431 e. The second kappa shape index (κ2) is 7.76. The summed E-state index contributed by atoms with van der Waals surface area (Å²) in [6, 6.07) is 1.96. The minimum atomic E-state index is -6.04. The van der Waals surface area contributed by atoms with Crippen molar-refractivity contribution < 1.29 is 40.2 Å². The van der Waals surface area contributed by atoms with Gasteiger partial charge in [0.2, 0.25) is 0 Å². The van der Waals surface area contributed by atoms with E-state index in [-0.39, 0.29) is 5.92 Å². The third-order valence-corrected chi connectivity index (χ3v) is 6.53. The van der Waals surface area contributed by atoms with Crippen LogP contribution in [0.5, 0.6) is 0 Å². The summed E-state index contributed by atoms with van der Waals surface area (Å²) in [7, 11) is -0.498. The van der Waals surface area contributed by atoms with Gasteiger partial charge in [-0.25, -0.2) is 4.39 Å². The standard InChI is InChI=1S/C15H19F7NO2P/c16-13(14(17,18)19,15(20,21)22)5-8-26-11(9-23)10-1-3-12(4-2-10)24-6-7-25-12/h10-11,26H,1-8H2. The normalized spacial score (nSPS) is 23.6. The topological polar surface area (TPSA) is 42.2 Å². The molecular formula is C15H19F7NO2P. The monoisotopic (exact) mass is 409 g/mol. The zero-order valence-corrected chi connectivity index (χ0v) is 14.7. The van der Waals surface area contributed by atoms with Crippen LogP contribution >= 0.6 is 8.58 Å². The highest BCUT2D eigenvalue weighted by Gasteiger charge is 2.71. The highest BCUT2D eigenvalue weighted by atomic mass is 31.1. The number of nitriles is 1. The third kappa shape index (κ3) is 4.42. The maximum Gasteiger partial charge on any atom is 0.431 e. The smallest absolute Gasteiger partial charge is 0.348 e. The number of alkyl halides is 7. The van der Waals surface area contributed by atoms with Gasteiger partial charge >= 0.3 is 12.4 Å². The van der Waals surface area contributed by atoms with Gasteiger partial charge in [0.15, 0.2) is 5.79 Å². The molecule has 1 heterocycles. The Balaban J connectivity index is 1.90. The number of rotatable bonds is 5. The maximum absolute atomic E-state index is 13.6. The number of ether oxygens (including phenoxy) is 2. The van der Waals surface area contributed by atoms with Gasteiger partial charge in [0.05, 0.1) is 24.9 Å². The molecule has 1 aliphatic carbocycles. The molecule has 0 N–H and O–H groups in total. The van der Waals surface area contributed by atoms with Gasteiger partial charge in [-0.3, -0.25) is 0 Å². The molecule has 0 radical (unpaired) electrons. The van der Waals surface area contributed by atoms with Gasteiger partial charge in [-0.1, -0.05) is 0 Å². The zero-order valence-electron chi connectivity index (χ0n) is 13.7. The molecule has 150 valence electrons. The molecule has 2 fully saturated rings. The lowest BCUT2D eigenvalue weighted by Gasteiger charge is -2.37. The first-order chi connectivity index (χ1) is 11.9. The number of nitrogens with zero attached hydrogens (tertiary/aromatic N) is 1. The van der Waals surface area contributed by atoms with E-state index in [1.54, 1.807) is 0 Å². The van der Waals surface area contributed by atoms with Crippen LogP contribution in [0.25, 0.3) is 0 Å². The van der Waals surface area contributed by atoms with Crippen LogP contribution in [0.2, 0.25) is 0 Å². The average Bonchev–Trinajstić information content (AvgIpc) is 2.98. The lowest BCUT2D eigenvalue weighted by Crippen LogP contribution is -2.53. The van der Waals surface area contributed by atoms with Crippen molar-refractivity contribution in [1.29, 1.82) is 5.26 Å². The maximum atomic E-state index is 13.6. The summed E-state index contributed by atoms with van der Waals surface area (Å²) in [4.78, 5) is 0. The van der Waals surface area contributed by atoms with Gasteiger partial charge in [-0.15, -0.1) is 8.58 Å². The zero-order chi connectivity index (χ0) is 19.6. The molecule has 11 heteroatoms. The second-order valence-electron chi connectivity index (χ2n) is 6.55. The molecule has 26 heavy (non-hydrogen) atoms. The van der Waals surface area contributed by atoms with E-state index in [1.165, 1.54) is 0 Å². The Bertz CT molecular complexity index is 502. The summed E-state index contributed by atoms with van der Waals surface area (Å²) >= 11 is 0. The van der Waals surface area contributed by atoms with Crippen LogP contribution in [-0.2, 0) is 9.47 Å². The molecule has 2 aliphatic rings. The third-order valence-electron chi connectivity index (χ3n) is 4.95. The van der Waals surface area contributed by atoms with Crippen LogP contribution in [0.4, 0.5) is 30.7 Å². The van der Waals surface area contributed by atoms with Crippen molar-refractivity contribution in [2.45, 2.75) is 61.6 Å². The van der Waals surface area contributed by atoms with Crippen LogP contribution in [0.3, 0.4) is 0 Å². The van der Waals surface area contributed by atoms with Crippen molar-refractivity contribution in [3.8, 4) is 6.07 Å². The highest BCUT2D eigenvalue weighted by Crippen LogP contribution is 2.50. The van der Waals surface area contributed by atoms with Gasteiger partial charge in [-0.05, 0) is 24.9 Å². The molecule has 3 nitrogen and oxygen atoms in total. The van der Waals surface area contributed by atoms with Gasteiger partial charge in [0, 0.05) is 19.3 Å². The van der Waals surface area contributed by atoms with Gasteiger partial charge in [-0.2, -0.15) is 31.6 Å². The minimum Gasteiger partial charge on any atom is -0.348 e. The molecule has 0 amide bonds. The summed E-state index contributed by atoms with van der Waals surface area (Å²) in [6.45, 7) is 0.948. The Morgan fingerprint density at radius 3 is 1.92 bits per heavy atom. The Kier molecular flexibility index (Phi) is 6.46. The molecule has 1 aliphatic heterocycles. The van der Waals surface area contributed by atoms with Crippen molar-refractivity contribution >= 4 is 8.58 Å². The number of hydrogen-bond acceptors (Lipinski definition) is 3. The molecule has 0 bridgehead atoms. The van der Waals surface area contributed by atoms with Crippen molar-refractivity contribution in [1.82, 2.24) is 0 Å². The van der Waals surface area contributed by atoms with Gasteiger partial charge < -0.3 is 9.47 Å². The minimum absolute atomic E-state index is 0.164. The van der Waals surface area contributed by atoms with Crippen molar-refractivity contribution in [2.75, 3.05) is 19.4 Å². The molecule has 0 aromatic rings. The summed E-state index contributed by atoms with van der Waals surface area (Å²) in [5.74, 6) is -0.831. The Labute approximate surface area is 148 Å². The number of hydrogen-bond donors (Lipinski definition) is 0. The van der Waals surface area contributed by atoms with Crippen LogP contribution in [0.1, 0.15) is 32.1 Å².